The molecule has 1 aromatic heterocycles. The van der Waals surface area contributed by atoms with Gasteiger partial charge >= 0.3 is 0 Å². The highest BCUT2D eigenvalue weighted by atomic mass is 32.2. The number of thioether (sulfide) groups is 1. The minimum atomic E-state index is 0.268. The SMILES string of the molecule is Oc1ccc(CSc2nnnn2-c2cccc3ccccc23)cc1. The van der Waals surface area contributed by atoms with E-state index in [1.807, 2.05) is 36.4 Å². The Labute approximate surface area is 142 Å². The quantitative estimate of drug-likeness (QED) is 0.575. The number of hydrogen-bond donors (Lipinski definition) is 1. The summed E-state index contributed by atoms with van der Waals surface area (Å²) in [5, 5.41) is 24.5. The van der Waals surface area contributed by atoms with E-state index in [0.29, 0.717) is 0 Å². The third kappa shape index (κ3) is 2.83. The number of tetrazole rings is 1. The van der Waals surface area contributed by atoms with Gasteiger partial charge in [-0.2, -0.15) is 4.68 Å². The summed E-state index contributed by atoms with van der Waals surface area (Å²) in [5.41, 5.74) is 2.07. The maximum atomic E-state index is 9.36. The van der Waals surface area contributed by atoms with Crippen LogP contribution in [0.25, 0.3) is 16.5 Å². The van der Waals surface area contributed by atoms with Crippen molar-refractivity contribution in [3.8, 4) is 11.4 Å². The molecule has 4 aromatic rings. The number of rotatable bonds is 4. The van der Waals surface area contributed by atoms with Crippen LogP contribution in [-0.2, 0) is 5.75 Å². The van der Waals surface area contributed by atoms with Crippen molar-refractivity contribution in [2.24, 2.45) is 0 Å². The number of phenols is 1. The number of hydrogen-bond acceptors (Lipinski definition) is 5. The van der Waals surface area contributed by atoms with Crippen LogP contribution in [0.3, 0.4) is 0 Å². The molecule has 4 rings (SSSR count). The first-order valence-electron chi connectivity index (χ1n) is 7.48. The predicted octanol–water partition coefficient (Wildman–Crippen LogP) is 3.81. The van der Waals surface area contributed by atoms with Crippen LogP contribution >= 0.6 is 11.8 Å². The zero-order valence-corrected chi connectivity index (χ0v) is 13.5. The average molecular weight is 334 g/mol. The average Bonchev–Trinajstić information content (AvgIpc) is 3.09. The van der Waals surface area contributed by atoms with Gasteiger partial charge in [0.2, 0.25) is 5.16 Å². The Morgan fingerprint density at radius 2 is 1.71 bits per heavy atom. The first-order chi connectivity index (χ1) is 11.8. The van der Waals surface area contributed by atoms with Crippen molar-refractivity contribution in [2.45, 2.75) is 10.9 Å². The fraction of sp³-hybridized carbons (Fsp3) is 0.0556. The molecule has 6 heteroatoms. The van der Waals surface area contributed by atoms with Crippen LogP contribution in [0.5, 0.6) is 5.75 Å². The van der Waals surface area contributed by atoms with Crippen LogP contribution in [0.4, 0.5) is 0 Å². The molecule has 0 spiro atoms. The van der Waals surface area contributed by atoms with E-state index in [9.17, 15) is 5.11 Å². The summed E-state index contributed by atoms with van der Waals surface area (Å²) < 4.78 is 1.77. The van der Waals surface area contributed by atoms with Crippen molar-refractivity contribution >= 4 is 22.5 Å². The lowest BCUT2D eigenvalue weighted by Gasteiger charge is -2.08. The summed E-state index contributed by atoms with van der Waals surface area (Å²) in [6.45, 7) is 0. The number of aromatic hydroxyl groups is 1. The zero-order chi connectivity index (χ0) is 16.4. The second-order valence-corrected chi connectivity index (χ2v) is 6.27. The molecule has 3 aromatic carbocycles. The standard InChI is InChI=1S/C18H14N4OS/c23-15-10-8-13(9-11-15)12-24-18-19-20-21-22(18)17-7-3-5-14-4-1-2-6-16(14)17/h1-11,23H,12H2. The van der Waals surface area contributed by atoms with Crippen LogP contribution in [-0.4, -0.2) is 25.3 Å². The second kappa shape index (κ2) is 6.33. The third-order valence-electron chi connectivity index (χ3n) is 3.74. The van der Waals surface area contributed by atoms with Gasteiger partial charge in [-0.25, -0.2) is 0 Å². The summed E-state index contributed by atoms with van der Waals surface area (Å²) in [6, 6.07) is 21.4. The van der Waals surface area contributed by atoms with Gasteiger partial charge in [0.25, 0.3) is 0 Å². The Morgan fingerprint density at radius 1 is 0.917 bits per heavy atom. The van der Waals surface area contributed by atoms with Crippen LogP contribution in [0.1, 0.15) is 5.56 Å². The Balaban J connectivity index is 1.65. The van der Waals surface area contributed by atoms with E-state index in [0.717, 1.165) is 32.9 Å². The smallest absolute Gasteiger partial charge is 0.214 e. The van der Waals surface area contributed by atoms with Crippen molar-refractivity contribution in [3.63, 3.8) is 0 Å². The first kappa shape index (κ1) is 14.7. The highest BCUT2D eigenvalue weighted by Gasteiger charge is 2.11. The van der Waals surface area contributed by atoms with Crippen LogP contribution in [0.2, 0.25) is 0 Å². The highest BCUT2D eigenvalue weighted by Crippen LogP contribution is 2.27. The van der Waals surface area contributed by atoms with Gasteiger partial charge in [0, 0.05) is 11.1 Å². The monoisotopic (exact) mass is 334 g/mol. The lowest BCUT2D eigenvalue weighted by molar-refractivity contribution is 0.475. The van der Waals surface area contributed by atoms with Crippen LogP contribution in [0.15, 0.2) is 71.9 Å². The number of nitrogens with zero attached hydrogens (tertiary/aromatic N) is 4. The Kier molecular flexibility index (Phi) is 3.88. The van der Waals surface area contributed by atoms with E-state index in [1.54, 1.807) is 28.6 Å². The van der Waals surface area contributed by atoms with Crippen molar-refractivity contribution in [1.82, 2.24) is 20.2 Å². The van der Waals surface area contributed by atoms with Crippen LogP contribution in [0, 0.1) is 0 Å². The van der Waals surface area contributed by atoms with Gasteiger partial charge in [-0.3, -0.25) is 0 Å². The van der Waals surface area contributed by atoms with Gasteiger partial charge in [-0.1, -0.05) is 60.3 Å². The van der Waals surface area contributed by atoms with Gasteiger partial charge in [0.15, 0.2) is 0 Å². The number of fused-ring (bicyclic) bond motifs is 1. The summed E-state index contributed by atoms with van der Waals surface area (Å²) in [6.07, 6.45) is 0. The van der Waals surface area contributed by atoms with E-state index in [1.165, 1.54) is 0 Å². The molecule has 1 heterocycles. The van der Waals surface area contributed by atoms with Crippen molar-refractivity contribution < 1.29 is 5.11 Å². The fourth-order valence-corrected chi connectivity index (χ4v) is 3.39. The number of phenolic OH excluding ortho intramolecular Hbond substituents is 1. The summed E-state index contributed by atoms with van der Waals surface area (Å²) in [4.78, 5) is 0. The molecule has 0 amide bonds. The molecular formula is C18H14N4OS. The lowest BCUT2D eigenvalue weighted by atomic mass is 10.1. The molecule has 0 unspecified atom stereocenters. The molecule has 1 N–H and O–H groups in total. The number of benzene rings is 3. The Bertz CT molecular complexity index is 976. The van der Waals surface area contributed by atoms with Gasteiger partial charge in [-0.15, -0.1) is 5.10 Å². The summed E-state index contributed by atoms with van der Waals surface area (Å²) in [7, 11) is 0. The van der Waals surface area contributed by atoms with Gasteiger partial charge in [-0.05, 0) is 39.6 Å². The highest BCUT2D eigenvalue weighted by molar-refractivity contribution is 7.98. The molecule has 24 heavy (non-hydrogen) atoms. The van der Waals surface area contributed by atoms with Crippen molar-refractivity contribution in [1.29, 1.82) is 0 Å². The molecule has 0 radical (unpaired) electrons. The van der Waals surface area contributed by atoms with E-state index in [-0.39, 0.29) is 5.75 Å². The molecule has 0 bridgehead atoms. The molecule has 0 aliphatic heterocycles. The second-order valence-electron chi connectivity index (χ2n) is 5.33. The first-order valence-corrected chi connectivity index (χ1v) is 8.47. The van der Waals surface area contributed by atoms with Gasteiger partial charge in [0.05, 0.1) is 5.69 Å². The molecule has 0 saturated heterocycles. The maximum absolute atomic E-state index is 9.36. The number of aromatic nitrogens is 4. The normalized spacial score (nSPS) is 11.0. The molecule has 0 fully saturated rings. The van der Waals surface area contributed by atoms with E-state index < -0.39 is 0 Å². The van der Waals surface area contributed by atoms with E-state index in [2.05, 4.69) is 33.7 Å². The van der Waals surface area contributed by atoms with Gasteiger partial charge in [0.1, 0.15) is 5.75 Å². The fourth-order valence-electron chi connectivity index (χ4n) is 2.55. The lowest BCUT2D eigenvalue weighted by Crippen LogP contribution is -2.00. The topological polar surface area (TPSA) is 63.8 Å². The zero-order valence-electron chi connectivity index (χ0n) is 12.7. The maximum Gasteiger partial charge on any atom is 0.214 e. The minimum absolute atomic E-state index is 0.268. The molecular weight excluding hydrogens is 320 g/mol. The van der Waals surface area contributed by atoms with E-state index >= 15 is 0 Å². The van der Waals surface area contributed by atoms with Crippen LogP contribution < -0.4 is 0 Å². The van der Waals surface area contributed by atoms with E-state index in [4.69, 9.17) is 0 Å². The molecule has 0 aliphatic rings. The molecule has 0 atom stereocenters. The minimum Gasteiger partial charge on any atom is -0.508 e. The molecule has 5 nitrogen and oxygen atoms in total. The Hall–Kier alpha value is -2.86. The summed E-state index contributed by atoms with van der Waals surface area (Å²) >= 11 is 1.56. The molecule has 118 valence electrons. The summed E-state index contributed by atoms with van der Waals surface area (Å²) in [5.74, 6) is 0.996. The predicted molar refractivity (Wildman–Crippen MR) is 94.3 cm³/mol. The molecule has 0 aliphatic carbocycles. The van der Waals surface area contributed by atoms with Crippen molar-refractivity contribution in [2.75, 3.05) is 0 Å². The molecule has 0 saturated carbocycles. The largest absolute Gasteiger partial charge is 0.508 e. The van der Waals surface area contributed by atoms with Crippen molar-refractivity contribution in [3.05, 3.63) is 72.3 Å². The van der Waals surface area contributed by atoms with Gasteiger partial charge < -0.3 is 5.11 Å². The third-order valence-corrected chi connectivity index (χ3v) is 4.73. The Morgan fingerprint density at radius 3 is 2.58 bits per heavy atom.